The number of hydrogen-bond donors (Lipinski definition) is 4. The molecule has 8 nitrogen and oxygen atoms in total. The third kappa shape index (κ3) is 3.47. The molecule has 1 aromatic carbocycles. The van der Waals surface area contributed by atoms with E-state index in [1.165, 1.54) is 22.7 Å². The third-order valence-corrected chi connectivity index (χ3v) is 6.92. The summed E-state index contributed by atoms with van der Waals surface area (Å²) in [6, 6.07) is 8.63. The molecule has 134 valence electrons. The molecule has 1 aromatic heterocycles. The van der Waals surface area contributed by atoms with E-state index in [9.17, 15) is 13.9 Å². The number of nitrogens with one attached hydrogen (secondary N) is 1. The number of thiazole rings is 1. The first kappa shape index (κ1) is 17.7. The number of anilines is 1. The number of rotatable bonds is 2. The lowest BCUT2D eigenvalue weighted by atomic mass is 10.1. The van der Waals surface area contributed by atoms with E-state index < -0.39 is 16.3 Å². The average molecular weight is 381 g/mol. The maximum Gasteiger partial charge on any atom is 0.257 e. The number of nitrogens with two attached hydrogens (primary N) is 1. The molecule has 0 spiro atoms. The second-order valence-electron chi connectivity index (χ2n) is 5.88. The topological polar surface area (TPSA) is 124 Å². The first-order valence-corrected chi connectivity index (χ1v) is 9.94. The first-order valence-electron chi connectivity index (χ1n) is 7.39. The Balaban J connectivity index is 1.96. The van der Waals surface area contributed by atoms with E-state index >= 15 is 0 Å². The molecule has 0 unspecified atom stereocenters. The van der Waals surface area contributed by atoms with Crippen LogP contribution in [-0.2, 0) is 5.54 Å². The van der Waals surface area contributed by atoms with Gasteiger partial charge in [0.15, 0.2) is 0 Å². The summed E-state index contributed by atoms with van der Waals surface area (Å²) in [7, 11) is -1.69. The Morgan fingerprint density at radius 3 is 2.68 bits per heavy atom. The number of hydrogen-bond acceptors (Lipinski definition) is 8. The van der Waals surface area contributed by atoms with Crippen LogP contribution in [0, 0.1) is 0 Å². The molecule has 1 atom stereocenters. The Bertz CT molecular complexity index is 824. The Morgan fingerprint density at radius 2 is 2.08 bits per heavy atom. The maximum atomic E-state index is 12.4. The van der Waals surface area contributed by atoms with Crippen LogP contribution in [0.4, 0.5) is 5.82 Å². The molecule has 5 N–H and O–H groups in total. The van der Waals surface area contributed by atoms with Gasteiger partial charge in [-0.05, 0) is 19.1 Å². The fourth-order valence-electron chi connectivity index (χ4n) is 2.46. The molecule has 0 aliphatic carbocycles. The molecule has 0 saturated carbocycles. The molecule has 0 bridgehead atoms. The zero-order valence-electron chi connectivity index (χ0n) is 13.7. The maximum absolute atomic E-state index is 12.4. The minimum atomic E-state index is -3.17. The van der Waals surface area contributed by atoms with Crippen molar-refractivity contribution in [2.75, 3.05) is 18.5 Å². The smallest absolute Gasteiger partial charge is 0.257 e. The van der Waals surface area contributed by atoms with Gasteiger partial charge in [-0.15, -0.1) is 22.1 Å². The van der Waals surface area contributed by atoms with Gasteiger partial charge in [-0.2, -0.15) is 0 Å². The van der Waals surface area contributed by atoms with Gasteiger partial charge in [-0.1, -0.05) is 18.2 Å². The molecule has 1 amide bonds. The van der Waals surface area contributed by atoms with Gasteiger partial charge >= 0.3 is 0 Å². The molecule has 1 aliphatic heterocycles. The summed E-state index contributed by atoms with van der Waals surface area (Å²) in [6.45, 7) is 1.74. The normalized spacial score (nSPS) is 23.7. The van der Waals surface area contributed by atoms with Crippen molar-refractivity contribution in [3.63, 3.8) is 0 Å². The first-order chi connectivity index (χ1) is 11.7. The number of amides is 1. The van der Waals surface area contributed by atoms with E-state index in [1.807, 2.05) is 6.07 Å². The van der Waals surface area contributed by atoms with Crippen LogP contribution >= 0.6 is 22.1 Å². The van der Waals surface area contributed by atoms with Crippen LogP contribution in [0.5, 0.6) is 0 Å². The molecule has 0 fully saturated rings. The van der Waals surface area contributed by atoms with Gasteiger partial charge in [0.1, 0.15) is 16.4 Å². The predicted octanol–water partition coefficient (Wildman–Crippen LogP) is 2.34. The average Bonchev–Trinajstić information content (AvgIpc) is 3.00. The van der Waals surface area contributed by atoms with Crippen LogP contribution in [0.2, 0.25) is 0 Å². The van der Waals surface area contributed by atoms with E-state index in [0.717, 1.165) is 0 Å². The number of aromatic nitrogens is 1. The van der Waals surface area contributed by atoms with E-state index in [1.54, 1.807) is 36.6 Å². The van der Waals surface area contributed by atoms with Crippen molar-refractivity contribution in [3.05, 3.63) is 46.3 Å². The van der Waals surface area contributed by atoms with Crippen molar-refractivity contribution in [2.24, 2.45) is 4.99 Å². The largest absolute Gasteiger partial charge is 0.383 e. The zero-order valence-corrected chi connectivity index (χ0v) is 15.3. The minimum Gasteiger partial charge on any atom is -0.383 e. The summed E-state index contributed by atoms with van der Waals surface area (Å²) in [6.07, 6.45) is 0. The molecule has 25 heavy (non-hydrogen) atoms. The summed E-state index contributed by atoms with van der Waals surface area (Å²) in [5.74, 6) is 0.0103. The van der Waals surface area contributed by atoms with Gasteiger partial charge in [0.05, 0.1) is 5.75 Å². The van der Waals surface area contributed by atoms with Crippen LogP contribution in [-0.4, -0.2) is 43.1 Å². The Labute approximate surface area is 150 Å². The fraction of sp³-hybridized carbons (Fsp3) is 0.267. The lowest BCUT2D eigenvalue weighted by Crippen LogP contribution is -2.51. The molecule has 0 saturated heterocycles. The SMILES string of the molecule is CN1C(NC(=O)c2ccccc2)=N[C@](C)(c2nc(N)cs2)CS1(O)O. The summed E-state index contributed by atoms with van der Waals surface area (Å²) < 4.78 is 22.2. The van der Waals surface area contributed by atoms with Crippen molar-refractivity contribution in [2.45, 2.75) is 12.5 Å². The van der Waals surface area contributed by atoms with Crippen molar-refractivity contribution in [1.82, 2.24) is 14.6 Å². The van der Waals surface area contributed by atoms with Gasteiger partial charge in [0, 0.05) is 18.0 Å². The molecule has 2 heterocycles. The summed E-state index contributed by atoms with van der Waals surface area (Å²) in [4.78, 5) is 21.2. The van der Waals surface area contributed by atoms with Crippen molar-refractivity contribution in [1.29, 1.82) is 0 Å². The van der Waals surface area contributed by atoms with Crippen molar-refractivity contribution in [3.8, 4) is 0 Å². The zero-order chi connectivity index (χ0) is 18.2. The number of nitrogen functional groups attached to an aromatic ring is 1. The van der Waals surface area contributed by atoms with Crippen LogP contribution in [0.25, 0.3) is 0 Å². The highest BCUT2D eigenvalue weighted by Crippen LogP contribution is 2.52. The van der Waals surface area contributed by atoms with Crippen LogP contribution in [0.1, 0.15) is 22.3 Å². The van der Waals surface area contributed by atoms with Gasteiger partial charge in [-0.25, -0.2) is 14.3 Å². The predicted molar refractivity (Wildman–Crippen MR) is 101 cm³/mol. The van der Waals surface area contributed by atoms with E-state index in [2.05, 4.69) is 15.3 Å². The highest BCUT2D eigenvalue weighted by atomic mass is 32.3. The quantitative estimate of drug-likeness (QED) is 0.633. The number of carbonyl (C=O) groups is 1. The molecule has 3 rings (SSSR count). The number of aliphatic imine (C=N–C) groups is 1. The third-order valence-electron chi connectivity index (χ3n) is 3.81. The Morgan fingerprint density at radius 1 is 1.40 bits per heavy atom. The van der Waals surface area contributed by atoms with Crippen LogP contribution < -0.4 is 11.1 Å². The molecule has 1 aliphatic rings. The van der Waals surface area contributed by atoms with Crippen LogP contribution in [0.3, 0.4) is 0 Å². The Hall–Kier alpha value is -2.14. The van der Waals surface area contributed by atoms with E-state index in [4.69, 9.17) is 5.73 Å². The monoisotopic (exact) mass is 381 g/mol. The van der Waals surface area contributed by atoms with Crippen molar-refractivity contribution >= 4 is 39.8 Å². The van der Waals surface area contributed by atoms with E-state index in [0.29, 0.717) is 16.4 Å². The molecular weight excluding hydrogens is 362 g/mol. The minimum absolute atomic E-state index is 0.0336. The van der Waals surface area contributed by atoms with Gasteiger partial charge in [0.25, 0.3) is 5.91 Å². The summed E-state index contributed by atoms with van der Waals surface area (Å²) >= 11 is 1.29. The van der Waals surface area contributed by atoms with E-state index in [-0.39, 0.29) is 17.6 Å². The molecule has 0 radical (unpaired) electrons. The highest BCUT2D eigenvalue weighted by molar-refractivity contribution is 8.22. The van der Waals surface area contributed by atoms with Crippen LogP contribution in [0.15, 0.2) is 40.7 Å². The van der Waals surface area contributed by atoms with Gasteiger partial charge in [-0.3, -0.25) is 19.2 Å². The standard InChI is InChI=1S/C15H19N5O3S2/c1-15(13-17-11(16)8-24-13)9-25(22,23)20(2)14(19-15)18-12(21)10-6-4-3-5-7-10/h3-8,22-23H,9,16H2,1-2H3,(H,18,19,21)/t15-/m0/s1. The fourth-order valence-corrected chi connectivity index (χ4v) is 4.88. The molecular formula is C15H19N5O3S2. The lowest BCUT2D eigenvalue weighted by molar-refractivity contribution is 0.0974. The van der Waals surface area contributed by atoms with Gasteiger partial charge in [0.2, 0.25) is 5.96 Å². The number of guanidine groups is 1. The Kier molecular flexibility index (Phi) is 4.45. The highest BCUT2D eigenvalue weighted by Gasteiger charge is 2.43. The number of benzene rings is 1. The van der Waals surface area contributed by atoms with Gasteiger partial charge < -0.3 is 5.73 Å². The summed E-state index contributed by atoms with van der Waals surface area (Å²) in [5.41, 5.74) is 5.14. The second kappa shape index (κ2) is 6.30. The molecule has 10 heteroatoms. The molecule has 2 aromatic rings. The van der Waals surface area contributed by atoms with Crippen molar-refractivity contribution < 1.29 is 13.9 Å². The number of carbonyl (C=O) groups excluding carboxylic acids is 1. The lowest BCUT2D eigenvalue weighted by Gasteiger charge is -2.49. The number of nitrogens with zero attached hydrogens (tertiary/aromatic N) is 3. The summed E-state index contributed by atoms with van der Waals surface area (Å²) in [5, 5.41) is 4.88. The second-order valence-corrected chi connectivity index (χ2v) is 8.84.